The van der Waals surface area contributed by atoms with Crippen molar-refractivity contribution in [3.63, 3.8) is 0 Å². The van der Waals surface area contributed by atoms with Gasteiger partial charge in [0.2, 0.25) is 0 Å². The Morgan fingerprint density at radius 1 is 1.19 bits per heavy atom. The molecule has 1 saturated heterocycles. The molecule has 1 aliphatic heterocycles. The third-order valence-electron chi connectivity index (χ3n) is 5.15. The van der Waals surface area contributed by atoms with Crippen molar-refractivity contribution in [2.24, 2.45) is 5.92 Å². The van der Waals surface area contributed by atoms with E-state index in [1.807, 2.05) is 0 Å². The number of aliphatic hydroxyl groups excluding tert-OH is 3. The zero-order chi connectivity index (χ0) is 18.7. The number of imidazole rings is 1. The van der Waals surface area contributed by atoms with Crippen LogP contribution in [0, 0.1) is 5.92 Å². The molecule has 1 fully saturated rings. The Kier molecular flexibility index (Phi) is 6.02. The van der Waals surface area contributed by atoms with Crippen LogP contribution in [0.5, 0.6) is 0 Å². The van der Waals surface area contributed by atoms with Crippen LogP contribution in [0.3, 0.4) is 0 Å². The molecule has 3 heterocycles. The highest BCUT2D eigenvalue weighted by Gasteiger charge is 2.44. The minimum Gasteiger partial charge on any atom is -0.394 e. The van der Waals surface area contributed by atoms with Gasteiger partial charge in [-0.1, -0.05) is 26.7 Å². The van der Waals surface area contributed by atoms with E-state index in [-0.39, 0.29) is 6.61 Å². The van der Waals surface area contributed by atoms with Crippen molar-refractivity contribution < 1.29 is 20.1 Å². The monoisotopic (exact) mass is 365 g/mol. The predicted molar refractivity (Wildman–Crippen MR) is 95.5 cm³/mol. The van der Waals surface area contributed by atoms with Gasteiger partial charge in [-0.2, -0.15) is 0 Å². The van der Waals surface area contributed by atoms with Crippen molar-refractivity contribution >= 4 is 17.0 Å². The van der Waals surface area contributed by atoms with Gasteiger partial charge in [-0.15, -0.1) is 0 Å². The number of ether oxygens (including phenoxy) is 1. The fourth-order valence-electron chi connectivity index (χ4n) is 3.37. The van der Waals surface area contributed by atoms with Crippen LogP contribution < -0.4 is 5.32 Å². The molecule has 9 heteroatoms. The van der Waals surface area contributed by atoms with Crippen LogP contribution in [-0.4, -0.2) is 66.3 Å². The summed E-state index contributed by atoms with van der Waals surface area (Å²) in [5.41, 5.74) is 1.08. The van der Waals surface area contributed by atoms with E-state index in [1.165, 1.54) is 12.7 Å². The van der Waals surface area contributed by atoms with E-state index in [9.17, 15) is 15.3 Å². The van der Waals surface area contributed by atoms with Crippen molar-refractivity contribution in [1.82, 2.24) is 19.5 Å². The van der Waals surface area contributed by atoms with Crippen molar-refractivity contribution in [3.8, 4) is 0 Å². The first-order valence-corrected chi connectivity index (χ1v) is 9.14. The molecule has 9 nitrogen and oxygen atoms in total. The number of nitrogens with one attached hydrogen (secondary N) is 1. The lowest BCUT2D eigenvalue weighted by Crippen LogP contribution is -2.33. The van der Waals surface area contributed by atoms with Gasteiger partial charge in [0, 0.05) is 6.54 Å². The number of rotatable bonds is 8. The summed E-state index contributed by atoms with van der Waals surface area (Å²) >= 11 is 0. The Bertz CT molecular complexity index is 720. The number of anilines is 1. The third-order valence-corrected chi connectivity index (χ3v) is 5.15. The molecular weight excluding hydrogens is 338 g/mol. The molecule has 0 aliphatic carbocycles. The van der Waals surface area contributed by atoms with Gasteiger partial charge in [0.25, 0.3) is 0 Å². The van der Waals surface area contributed by atoms with Gasteiger partial charge in [-0.3, -0.25) is 4.57 Å². The van der Waals surface area contributed by atoms with E-state index in [4.69, 9.17) is 4.74 Å². The van der Waals surface area contributed by atoms with Gasteiger partial charge >= 0.3 is 0 Å². The van der Waals surface area contributed by atoms with Crippen LogP contribution in [0.4, 0.5) is 5.82 Å². The van der Waals surface area contributed by atoms with Crippen molar-refractivity contribution in [2.45, 2.75) is 57.6 Å². The van der Waals surface area contributed by atoms with Gasteiger partial charge in [-0.25, -0.2) is 15.0 Å². The molecule has 144 valence electrons. The first-order chi connectivity index (χ1) is 12.6. The summed E-state index contributed by atoms with van der Waals surface area (Å²) < 4.78 is 7.12. The van der Waals surface area contributed by atoms with E-state index in [0.29, 0.717) is 22.9 Å². The Hall–Kier alpha value is -1.81. The Morgan fingerprint density at radius 3 is 2.62 bits per heavy atom. The minimum absolute atomic E-state index is 0.376. The number of nitrogens with zero attached hydrogens (tertiary/aromatic N) is 4. The fourth-order valence-corrected chi connectivity index (χ4v) is 3.37. The molecule has 0 amide bonds. The van der Waals surface area contributed by atoms with Crippen LogP contribution in [0.15, 0.2) is 12.7 Å². The van der Waals surface area contributed by atoms with Crippen LogP contribution in [0.25, 0.3) is 11.2 Å². The number of fused-ring (bicyclic) bond motifs is 1. The lowest BCUT2D eigenvalue weighted by atomic mass is 10.00. The predicted octanol–water partition coefficient (Wildman–Crippen LogP) is 0.676. The van der Waals surface area contributed by atoms with Gasteiger partial charge in [0.1, 0.15) is 24.6 Å². The summed E-state index contributed by atoms with van der Waals surface area (Å²) in [5, 5.41) is 32.7. The maximum atomic E-state index is 10.2. The topological polar surface area (TPSA) is 126 Å². The molecule has 0 bridgehead atoms. The lowest BCUT2D eigenvalue weighted by molar-refractivity contribution is -0.0511. The van der Waals surface area contributed by atoms with Crippen molar-refractivity contribution in [1.29, 1.82) is 0 Å². The second-order valence-corrected chi connectivity index (χ2v) is 6.67. The van der Waals surface area contributed by atoms with E-state index in [2.05, 4.69) is 34.1 Å². The van der Waals surface area contributed by atoms with E-state index < -0.39 is 24.5 Å². The quantitative estimate of drug-likeness (QED) is 0.538. The summed E-state index contributed by atoms with van der Waals surface area (Å²) in [6.45, 7) is 4.80. The molecule has 3 rings (SSSR count). The van der Waals surface area contributed by atoms with Crippen molar-refractivity contribution in [3.05, 3.63) is 12.7 Å². The smallest absolute Gasteiger partial charge is 0.167 e. The van der Waals surface area contributed by atoms with Crippen LogP contribution in [-0.2, 0) is 4.74 Å². The van der Waals surface area contributed by atoms with Gasteiger partial charge < -0.3 is 25.4 Å². The molecule has 2 aromatic rings. The number of hydrogen-bond acceptors (Lipinski definition) is 8. The Morgan fingerprint density at radius 2 is 1.96 bits per heavy atom. The van der Waals surface area contributed by atoms with Crippen LogP contribution >= 0.6 is 0 Å². The molecule has 0 unspecified atom stereocenters. The molecule has 4 N–H and O–H groups in total. The molecule has 2 aromatic heterocycles. The number of hydrogen-bond donors (Lipinski definition) is 4. The molecule has 26 heavy (non-hydrogen) atoms. The van der Waals surface area contributed by atoms with E-state index in [1.54, 1.807) is 4.57 Å². The van der Waals surface area contributed by atoms with Gasteiger partial charge in [0.05, 0.1) is 12.9 Å². The van der Waals surface area contributed by atoms with Gasteiger partial charge in [0.15, 0.2) is 23.2 Å². The molecule has 4 atom stereocenters. The number of aliphatic hydroxyl groups is 3. The Balaban J connectivity index is 1.79. The summed E-state index contributed by atoms with van der Waals surface area (Å²) in [6.07, 6.45) is 2.24. The first-order valence-electron chi connectivity index (χ1n) is 9.14. The highest BCUT2D eigenvalue weighted by Crippen LogP contribution is 2.32. The SMILES string of the molecule is CCC(CC)CCNc1ncnc2c1ncn2[C@@H]1O[C@H](CO)[C@@H](O)[C@H]1O. The zero-order valence-electron chi connectivity index (χ0n) is 15.1. The molecule has 0 radical (unpaired) electrons. The average Bonchev–Trinajstić information content (AvgIpc) is 3.21. The molecule has 0 spiro atoms. The fraction of sp³-hybridized carbons (Fsp3) is 0.706. The van der Waals surface area contributed by atoms with Crippen molar-refractivity contribution in [2.75, 3.05) is 18.5 Å². The van der Waals surface area contributed by atoms with Crippen LogP contribution in [0.2, 0.25) is 0 Å². The van der Waals surface area contributed by atoms with Gasteiger partial charge in [-0.05, 0) is 12.3 Å². The standard InChI is InChI=1S/C17H27N5O4/c1-3-10(4-2)5-6-18-15-12-16(20-8-19-15)22(9-21-12)17-14(25)13(24)11(7-23)26-17/h8-11,13-14,17,23-25H,3-7H2,1-2H3,(H,18,19,20)/t11-,13-,14-,17-/m1/s1. The summed E-state index contributed by atoms with van der Waals surface area (Å²) in [7, 11) is 0. The molecule has 0 aromatic carbocycles. The highest BCUT2D eigenvalue weighted by atomic mass is 16.6. The second kappa shape index (κ2) is 8.26. The summed E-state index contributed by atoms with van der Waals surface area (Å²) in [5.74, 6) is 1.31. The molecule has 1 aliphatic rings. The Labute approximate surface area is 152 Å². The number of aromatic nitrogens is 4. The second-order valence-electron chi connectivity index (χ2n) is 6.67. The largest absolute Gasteiger partial charge is 0.394 e. The van der Waals surface area contributed by atoms with E-state index >= 15 is 0 Å². The molecular formula is C17H27N5O4. The summed E-state index contributed by atoms with van der Waals surface area (Å²) in [6, 6.07) is 0. The highest BCUT2D eigenvalue weighted by molar-refractivity contribution is 5.82. The van der Waals surface area contributed by atoms with E-state index in [0.717, 1.165) is 25.8 Å². The maximum absolute atomic E-state index is 10.2. The maximum Gasteiger partial charge on any atom is 0.167 e. The first kappa shape index (κ1) is 19.0. The lowest BCUT2D eigenvalue weighted by Gasteiger charge is -2.16. The molecule has 0 saturated carbocycles. The van der Waals surface area contributed by atoms with Crippen LogP contribution in [0.1, 0.15) is 39.3 Å². The average molecular weight is 365 g/mol. The third kappa shape index (κ3) is 3.52. The normalized spacial score (nSPS) is 26.1. The minimum atomic E-state index is -1.18. The summed E-state index contributed by atoms with van der Waals surface area (Å²) in [4.78, 5) is 12.9. The zero-order valence-corrected chi connectivity index (χ0v) is 15.1.